The van der Waals surface area contributed by atoms with Crippen LogP contribution in [0.4, 0.5) is 0 Å². The van der Waals surface area contributed by atoms with E-state index in [2.05, 4.69) is 13.8 Å². The zero-order chi connectivity index (χ0) is 32.2. The van der Waals surface area contributed by atoms with Crippen LogP contribution in [0.1, 0.15) is 149 Å². The zero-order valence-corrected chi connectivity index (χ0v) is 29.3. The summed E-state index contributed by atoms with van der Waals surface area (Å²) in [6, 6.07) is 0. The number of hydrogen-bond donors (Lipinski definition) is 0. The Bertz CT molecular complexity index is 728. The lowest BCUT2D eigenvalue weighted by atomic mass is 10.1. The third-order valence-electron chi connectivity index (χ3n) is 7.38. The van der Waals surface area contributed by atoms with E-state index in [1.807, 2.05) is 21.1 Å². The van der Waals surface area contributed by atoms with Gasteiger partial charge in [-0.1, -0.05) is 123 Å². The van der Waals surface area contributed by atoms with E-state index in [0.29, 0.717) is 17.4 Å². The molecule has 0 bridgehead atoms. The van der Waals surface area contributed by atoms with Gasteiger partial charge in [0.15, 0.2) is 6.10 Å². The summed E-state index contributed by atoms with van der Waals surface area (Å²) < 4.78 is 33.5. The smallest absolute Gasteiger partial charge is 0.306 e. The van der Waals surface area contributed by atoms with Crippen molar-refractivity contribution in [3.63, 3.8) is 0 Å². The molecule has 9 nitrogen and oxygen atoms in total. The SMILES string of the molecule is CCCCCCCCCCCCCC(=O)OC[C@H](COP(=O)([O-])OCC[N+](C)(C)C)OC(=O)CCCCCCCCCC. The quantitative estimate of drug-likeness (QED) is 0.0327. The number of phosphoric acid groups is 1. The standard InChI is InChI=1S/C33H66NO8P/c1-6-8-10-12-14-16-17-18-20-21-23-25-32(35)39-29-31(30-41-43(37,38)40-28-27-34(3,4)5)42-33(36)26-24-22-19-15-13-11-9-7-2/h31H,6-30H2,1-5H3/t31-/m1/s1. The van der Waals surface area contributed by atoms with Crippen LogP contribution in [0.5, 0.6) is 0 Å². The van der Waals surface area contributed by atoms with Gasteiger partial charge in [0.25, 0.3) is 7.82 Å². The maximum atomic E-state index is 12.5. The van der Waals surface area contributed by atoms with Crippen LogP contribution in [-0.4, -0.2) is 70.0 Å². The average Bonchev–Trinajstić information content (AvgIpc) is 2.93. The highest BCUT2D eigenvalue weighted by Crippen LogP contribution is 2.38. The van der Waals surface area contributed by atoms with Crippen molar-refractivity contribution in [1.29, 1.82) is 0 Å². The molecule has 10 heteroatoms. The lowest BCUT2D eigenvalue weighted by Crippen LogP contribution is -2.37. The molecule has 0 rings (SSSR count). The Balaban J connectivity index is 4.46. The first-order valence-electron chi connectivity index (χ1n) is 17.2. The predicted molar refractivity (Wildman–Crippen MR) is 172 cm³/mol. The second-order valence-corrected chi connectivity index (χ2v) is 14.3. The highest BCUT2D eigenvalue weighted by atomic mass is 31.2. The van der Waals surface area contributed by atoms with E-state index in [0.717, 1.165) is 38.5 Å². The van der Waals surface area contributed by atoms with Gasteiger partial charge in [-0.05, 0) is 12.8 Å². The van der Waals surface area contributed by atoms with Gasteiger partial charge in [0.1, 0.15) is 19.8 Å². The number of carbonyl (C=O) groups excluding carboxylic acids is 2. The van der Waals surface area contributed by atoms with Crippen LogP contribution in [0.25, 0.3) is 0 Å². The van der Waals surface area contributed by atoms with Crippen molar-refractivity contribution in [3.8, 4) is 0 Å². The summed E-state index contributed by atoms with van der Waals surface area (Å²) >= 11 is 0. The molecule has 43 heavy (non-hydrogen) atoms. The fourth-order valence-corrected chi connectivity index (χ4v) is 5.32. The lowest BCUT2D eigenvalue weighted by molar-refractivity contribution is -0.870. The number of nitrogens with zero attached hydrogens (tertiary/aromatic N) is 1. The second kappa shape index (κ2) is 27.3. The Morgan fingerprint density at radius 3 is 1.49 bits per heavy atom. The van der Waals surface area contributed by atoms with Gasteiger partial charge >= 0.3 is 11.9 Å². The van der Waals surface area contributed by atoms with Crippen molar-refractivity contribution in [2.24, 2.45) is 0 Å². The van der Waals surface area contributed by atoms with Crippen LogP contribution in [0.15, 0.2) is 0 Å². The summed E-state index contributed by atoms with van der Waals surface area (Å²) in [5.74, 6) is -0.836. The molecule has 0 saturated heterocycles. The minimum absolute atomic E-state index is 0.0267. The number of phosphoric ester groups is 1. The van der Waals surface area contributed by atoms with E-state index in [1.54, 1.807) is 0 Å². The van der Waals surface area contributed by atoms with E-state index in [1.165, 1.54) is 77.0 Å². The third kappa shape index (κ3) is 30.8. The van der Waals surface area contributed by atoms with Crippen LogP contribution in [0.3, 0.4) is 0 Å². The van der Waals surface area contributed by atoms with E-state index >= 15 is 0 Å². The molecule has 0 aliphatic rings. The molecule has 0 amide bonds. The largest absolute Gasteiger partial charge is 0.756 e. The lowest BCUT2D eigenvalue weighted by Gasteiger charge is -2.28. The molecule has 0 saturated carbocycles. The maximum Gasteiger partial charge on any atom is 0.306 e. The minimum Gasteiger partial charge on any atom is -0.756 e. The fraction of sp³-hybridized carbons (Fsp3) is 0.939. The van der Waals surface area contributed by atoms with Gasteiger partial charge < -0.3 is 27.9 Å². The summed E-state index contributed by atoms with van der Waals surface area (Å²) in [7, 11) is 1.17. The molecule has 0 radical (unpaired) electrons. The van der Waals surface area contributed by atoms with Crippen molar-refractivity contribution >= 4 is 19.8 Å². The number of carbonyl (C=O) groups is 2. The summed E-state index contributed by atoms with van der Waals surface area (Å²) in [6.45, 7) is 4.17. The number of esters is 2. The van der Waals surface area contributed by atoms with E-state index in [9.17, 15) is 19.0 Å². The monoisotopic (exact) mass is 635 g/mol. The Morgan fingerprint density at radius 2 is 1.05 bits per heavy atom. The molecule has 0 fully saturated rings. The van der Waals surface area contributed by atoms with Crippen LogP contribution in [-0.2, 0) is 32.7 Å². The molecule has 0 spiro atoms. The molecule has 0 N–H and O–H groups in total. The van der Waals surface area contributed by atoms with Gasteiger partial charge in [0.2, 0.25) is 0 Å². The Labute approximate surface area is 264 Å². The molecule has 0 heterocycles. The van der Waals surface area contributed by atoms with Crippen molar-refractivity contribution < 1.29 is 42.1 Å². The van der Waals surface area contributed by atoms with Crippen LogP contribution in [0, 0.1) is 0 Å². The Kier molecular flexibility index (Phi) is 26.7. The third-order valence-corrected chi connectivity index (χ3v) is 8.34. The van der Waals surface area contributed by atoms with Crippen LogP contribution < -0.4 is 4.89 Å². The zero-order valence-electron chi connectivity index (χ0n) is 28.4. The van der Waals surface area contributed by atoms with Gasteiger partial charge in [-0.15, -0.1) is 0 Å². The molecule has 0 aliphatic carbocycles. The molecule has 0 aliphatic heterocycles. The molecule has 0 aromatic carbocycles. The predicted octanol–water partition coefficient (Wildman–Crippen LogP) is 7.88. The molecule has 256 valence electrons. The van der Waals surface area contributed by atoms with Gasteiger partial charge in [-0.2, -0.15) is 0 Å². The molecular formula is C33H66NO8P. The number of hydrogen-bond acceptors (Lipinski definition) is 8. The normalized spacial score (nSPS) is 13.9. The highest BCUT2D eigenvalue weighted by Gasteiger charge is 2.21. The summed E-state index contributed by atoms with van der Waals surface area (Å²) in [5, 5.41) is 0. The van der Waals surface area contributed by atoms with E-state index in [-0.39, 0.29) is 32.0 Å². The maximum absolute atomic E-state index is 12.5. The summed E-state index contributed by atoms with van der Waals surface area (Å²) in [5.41, 5.74) is 0. The number of ether oxygens (including phenoxy) is 2. The van der Waals surface area contributed by atoms with E-state index < -0.39 is 26.5 Å². The number of unbranched alkanes of at least 4 members (excludes halogenated alkanes) is 17. The molecular weight excluding hydrogens is 569 g/mol. The Hall–Kier alpha value is -0.990. The van der Waals surface area contributed by atoms with Gasteiger partial charge in [0.05, 0.1) is 27.7 Å². The van der Waals surface area contributed by atoms with Crippen LogP contribution >= 0.6 is 7.82 Å². The second-order valence-electron chi connectivity index (χ2n) is 12.9. The number of rotatable bonds is 31. The first-order valence-corrected chi connectivity index (χ1v) is 18.7. The molecule has 1 unspecified atom stereocenters. The topological polar surface area (TPSA) is 111 Å². The fourth-order valence-electron chi connectivity index (χ4n) is 4.59. The van der Waals surface area contributed by atoms with Crippen molar-refractivity contribution in [3.05, 3.63) is 0 Å². The Morgan fingerprint density at radius 1 is 0.628 bits per heavy atom. The number of likely N-dealkylation sites (N-methyl/N-ethyl adjacent to an activating group) is 1. The minimum atomic E-state index is -4.60. The molecule has 2 atom stereocenters. The van der Waals surface area contributed by atoms with Gasteiger partial charge in [-0.3, -0.25) is 14.2 Å². The van der Waals surface area contributed by atoms with Crippen LogP contribution in [0.2, 0.25) is 0 Å². The first-order chi connectivity index (χ1) is 20.5. The number of quaternary nitrogens is 1. The van der Waals surface area contributed by atoms with Crippen molar-refractivity contribution in [2.45, 2.75) is 155 Å². The average molecular weight is 636 g/mol. The van der Waals surface area contributed by atoms with Crippen molar-refractivity contribution in [2.75, 3.05) is 47.5 Å². The molecule has 0 aromatic heterocycles. The van der Waals surface area contributed by atoms with Gasteiger partial charge in [0, 0.05) is 12.8 Å². The van der Waals surface area contributed by atoms with E-state index in [4.69, 9.17) is 18.5 Å². The molecule has 0 aromatic rings. The highest BCUT2D eigenvalue weighted by molar-refractivity contribution is 7.45. The van der Waals surface area contributed by atoms with Gasteiger partial charge in [-0.25, -0.2) is 0 Å². The van der Waals surface area contributed by atoms with Crippen molar-refractivity contribution in [1.82, 2.24) is 0 Å². The summed E-state index contributed by atoms with van der Waals surface area (Å²) in [4.78, 5) is 37.0. The summed E-state index contributed by atoms with van der Waals surface area (Å²) in [6.07, 6.45) is 21.4. The first kappa shape index (κ1) is 42.0.